The Labute approximate surface area is 172 Å². The van der Waals surface area contributed by atoms with Crippen LogP contribution in [0.4, 0.5) is 0 Å². The number of rotatable bonds is 7. The van der Waals surface area contributed by atoms with Crippen LogP contribution >= 0.6 is 0 Å². The largest absolute Gasteiger partial charge is 0.497 e. The molecule has 3 fully saturated rings. The van der Waals surface area contributed by atoms with Crippen molar-refractivity contribution >= 4 is 11.9 Å². The van der Waals surface area contributed by atoms with E-state index >= 15 is 0 Å². The maximum Gasteiger partial charge on any atom is 0.310 e. The molecule has 4 atom stereocenters. The van der Waals surface area contributed by atoms with E-state index in [1.165, 1.54) is 5.56 Å². The van der Waals surface area contributed by atoms with Crippen LogP contribution in [0.1, 0.15) is 50.5 Å². The number of carbonyl (C=O) groups excluding carboxylic acids is 1. The lowest BCUT2D eigenvalue weighted by Crippen LogP contribution is -2.47. The summed E-state index contributed by atoms with van der Waals surface area (Å²) in [7, 11) is 1.68. The van der Waals surface area contributed by atoms with Gasteiger partial charge in [0.05, 0.1) is 31.2 Å². The molecule has 2 N–H and O–H groups in total. The Morgan fingerprint density at radius 2 is 1.69 bits per heavy atom. The molecule has 2 bridgehead atoms. The Balaban J connectivity index is 1.22. The molecule has 4 rings (SSSR count). The van der Waals surface area contributed by atoms with E-state index in [-0.39, 0.29) is 24.2 Å². The van der Waals surface area contributed by atoms with Crippen molar-refractivity contribution in [1.82, 2.24) is 5.32 Å². The molecule has 0 aromatic heterocycles. The number of carbonyl (C=O) groups is 2. The number of nitrogens with one attached hydrogen (secondary N) is 1. The molecule has 1 saturated carbocycles. The van der Waals surface area contributed by atoms with E-state index in [1.807, 2.05) is 12.1 Å². The number of aryl methyl sites for hydroxylation is 1. The summed E-state index contributed by atoms with van der Waals surface area (Å²) < 4.78 is 10.9. The van der Waals surface area contributed by atoms with E-state index in [9.17, 15) is 14.7 Å². The molecule has 158 valence electrons. The third-order valence-corrected chi connectivity index (χ3v) is 7.05. The highest BCUT2D eigenvalue weighted by Gasteiger charge is 2.55. The van der Waals surface area contributed by atoms with Crippen LogP contribution in [-0.2, 0) is 20.7 Å². The van der Waals surface area contributed by atoms with E-state index in [4.69, 9.17) is 9.47 Å². The van der Waals surface area contributed by atoms with Gasteiger partial charge in [0.1, 0.15) is 5.75 Å². The number of fused-ring (bicyclic) bond motifs is 2. The van der Waals surface area contributed by atoms with Crippen molar-refractivity contribution in [3.63, 3.8) is 0 Å². The van der Waals surface area contributed by atoms with E-state index in [0.717, 1.165) is 57.1 Å². The highest BCUT2D eigenvalue weighted by molar-refractivity contribution is 5.86. The predicted octanol–water partition coefficient (Wildman–Crippen LogP) is 3.18. The fourth-order valence-corrected chi connectivity index (χ4v) is 5.38. The molecule has 2 saturated heterocycles. The first-order valence-corrected chi connectivity index (χ1v) is 10.9. The summed E-state index contributed by atoms with van der Waals surface area (Å²) in [4.78, 5) is 24.4. The highest BCUT2D eigenvalue weighted by atomic mass is 16.5. The summed E-state index contributed by atoms with van der Waals surface area (Å²) in [5, 5.41) is 12.7. The second-order valence-electron chi connectivity index (χ2n) is 8.79. The van der Waals surface area contributed by atoms with Gasteiger partial charge in [-0.05, 0) is 75.0 Å². The minimum Gasteiger partial charge on any atom is -0.497 e. The molecule has 1 aliphatic carbocycles. The Morgan fingerprint density at radius 1 is 1.03 bits per heavy atom. The quantitative estimate of drug-likeness (QED) is 0.733. The van der Waals surface area contributed by atoms with Gasteiger partial charge in [-0.1, -0.05) is 12.1 Å². The monoisotopic (exact) mass is 401 g/mol. The van der Waals surface area contributed by atoms with Gasteiger partial charge in [-0.25, -0.2) is 0 Å². The summed E-state index contributed by atoms with van der Waals surface area (Å²) >= 11 is 0. The number of carboxylic acid groups (broad SMARTS) is 1. The lowest BCUT2D eigenvalue weighted by atomic mass is 9.78. The summed E-state index contributed by atoms with van der Waals surface area (Å²) in [6.07, 6.45) is 7.42. The average molecular weight is 402 g/mol. The van der Waals surface area contributed by atoms with E-state index in [2.05, 4.69) is 17.4 Å². The van der Waals surface area contributed by atoms with Crippen LogP contribution < -0.4 is 10.1 Å². The number of methoxy groups -OCH3 is 1. The molecule has 29 heavy (non-hydrogen) atoms. The lowest BCUT2D eigenvalue weighted by Gasteiger charge is -2.31. The van der Waals surface area contributed by atoms with Gasteiger partial charge in [0, 0.05) is 6.04 Å². The minimum atomic E-state index is -0.903. The molecule has 1 aromatic rings. The van der Waals surface area contributed by atoms with Crippen LogP contribution in [0.15, 0.2) is 24.3 Å². The fourth-order valence-electron chi connectivity index (χ4n) is 5.38. The van der Waals surface area contributed by atoms with Crippen molar-refractivity contribution in [1.29, 1.82) is 0 Å². The van der Waals surface area contributed by atoms with Gasteiger partial charge in [0.15, 0.2) is 0 Å². The Kier molecular flexibility index (Phi) is 6.09. The van der Waals surface area contributed by atoms with Gasteiger partial charge < -0.3 is 19.9 Å². The average Bonchev–Trinajstić information content (AvgIpc) is 3.35. The molecular formula is C23H31NO5. The van der Waals surface area contributed by atoms with Gasteiger partial charge in [-0.15, -0.1) is 0 Å². The first-order chi connectivity index (χ1) is 14.0. The molecular weight excluding hydrogens is 370 g/mol. The number of hydrogen-bond donors (Lipinski definition) is 2. The van der Waals surface area contributed by atoms with Crippen molar-refractivity contribution in [2.75, 3.05) is 7.11 Å². The van der Waals surface area contributed by atoms with Crippen LogP contribution in [-0.4, -0.2) is 42.3 Å². The molecule has 2 unspecified atom stereocenters. The Bertz CT molecular complexity index is 725. The van der Waals surface area contributed by atoms with Gasteiger partial charge in [-0.3, -0.25) is 9.59 Å². The first kappa shape index (κ1) is 20.2. The van der Waals surface area contributed by atoms with Gasteiger partial charge in [0.25, 0.3) is 0 Å². The number of amides is 1. The second kappa shape index (κ2) is 8.74. The zero-order valence-electron chi connectivity index (χ0n) is 17.0. The smallest absolute Gasteiger partial charge is 0.310 e. The third kappa shape index (κ3) is 4.42. The third-order valence-electron chi connectivity index (χ3n) is 7.05. The van der Waals surface area contributed by atoms with Crippen molar-refractivity contribution in [2.24, 2.45) is 17.8 Å². The topological polar surface area (TPSA) is 84.9 Å². The van der Waals surface area contributed by atoms with Gasteiger partial charge >= 0.3 is 5.97 Å². The molecule has 2 aliphatic heterocycles. The summed E-state index contributed by atoms with van der Waals surface area (Å²) in [5.41, 5.74) is 1.33. The van der Waals surface area contributed by atoms with E-state index in [1.54, 1.807) is 7.11 Å². The van der Waals surface area contributed by atoms with Crippen LogP contribution in [0.2, 0.25) is 0 Å². The molecule has 6 heteroatoms. The summed E-state index contributed by atoms with van der Waals surface area (Å²) in [5.74, 6) is -0.668. The van der Waals surface area contributed by atoms with Crippen molar-refractivity contribution in [3.8, 4) is 5.75 Å². The van der Waals surface area contributed by atoms with Crippen molar-refractivity contribution < 1.29 is 24.2 Å². The zero-order valence-corrected chi connectivity index (χ0v) is 17.0. The van der Waals surface area contributed by atoms with E-state index in [0.29, 0.717) is 5.92 Å². The highest BCUT2D eigenvalue weighted by Crippen LogP contribution is 2.44. The number of ether oxygens (including phenoxy) is 2. The van der Waals surface area contributed by atoms with Crippen LogP contribution in [0.25, 0.3) is 0 Å². The van der Waals surface area contributed by atoms with Crippen LogP contribution in [0.3, 0.4) is 0 Å². The number of hydrogen-bond acceptors (Lipinski definition) is 4. The van der Waals surface area contributed by atoms with E-state index < -0.39 is 17.8 Å². The molecule has 6 nitrogen and oxygen atoms in total. The van der Waals surface area contributed by atoms with Crippen molar-refractivity contribution in [3.05, 3.63) is 29.8 Å². The van der Waals surface area contributed by atoms with Crippen molar-refractivity contribution in [2.45, 2.75) is 69.6 Å². The SMILES string of the molecule is COc1ccc(CCC2CCC(NC(=O)C3C(C(=O)O)[C@H]4CC[C@@H]3O4)CC2)cc1. The summed E-state index contributed by atoms with van der Waals surface area (Å²) in [6, 6.07) is 8.42. The molecule has 3 aliphatic rings. The normalized spacial score (nSPS) is 33.4. The predicted molar refractivity (Wildman–Crippen MR) is 108 cm³/mol. The number of benzene rings is 1. The Hall–Kier alpha value is -2.08. The maximum absolute atomic E-state index is 12.8. The lowest BCUT2D eigenvalue weighted by molar-refractivity contribution is -0.148. The van der Waals surface area contributed by atoms with Gasteiger partial charge in [-0.2, -0.15) is 0 Å². The molecule has 0 radical (unpaired) electrons. The van der Waals surface area contributed by atoms with Crippen LogP contribution in [0.5, 0.6) is 5.75 Å². The number of carboxylic acids is 1. The second-order valence-corrected chi connectivity index (χ2v) is 8.79. The number of aliphatic carboxylic acids is 1. The molecule has 1 aromatic carbocycles. The maximum atomic E-state index is 12.8. The molecule has 2 heterocycles. The fraction of sp³-hybridized carbons (Fsp3) is 0.652. The standard InChI is InChI=1S/C23H31NO5/c1-28-17-10-6-15(7-11-17)3-2-14-4-8-16(9-5-14)24-22(25)20-18-12-13-19(29-18)21(20)23(26)27/h6-7,10-11,14,16,18-21H,2-5,8-9,12-13H2,1H3,(H,24,25)(H,26,27)/t14?,16?,18-,19+,20?,21?/m0/s1. The summed E-state index contributed by atoms with van der Waals surface area (Å²) in [6.45, 7) is 0. The Morgan fingerprint density at radius 3 is 2.31 bits per heavy atom. The molecule has 0 spiro atoms. The first-order valence-electron chi connectivity index (χ1n) is 10.9. The minimum absolute atomic E-state index is 0.119. The van der Waals surface area contributed by atoms with Gasteiger partial charge in [0.2, 0.25) is 5.91 Å². The molecule has 1 amide bonds. The van der Waals surface area contributed by atoms with Crippen LogP contribution in [0, 0.1) is 17.8 Å². The zero-order chi connectivity index (χ0) is 20.4.